The largest absolute Gasteiger partial charge is 0.380 e. The lowest BCUT2D eigenvalue weighted by Gasteiger charge is -2.08. The number of pyridine rings is 1. The van der Waals surface area contributed by atoms with Crippen LogP contribution >= 0.6 is 0 Å². The number of hydrogen-bond acceptors (Lipinski definition) is 5. The lowest BCUT2D eigenvalue weighted by atomic mass is 10.1. The van der Waals surface area contributed by atoms with Crippen molar-refractivity contribution in [1.29, 1.82) is 0 Å². The van der Waals surface area contributed by atoms with E-state index in [0.717, 1.165) is 11.3 Å². The van der Waals surface area contributed by atoms with E-state index in [1.165, 1.54) is 11.8 Å². The number of aryl methyl sites for hydroxylation is 2. The summed E-state index contributed by atoms with van der Waals surface area (Å²) < 4.78 is 4.93. The van der Waals surface area contributed by atoms with Crippen LogP contribution in [0.3, 0.4) is 0 Å². The number of benzene rings is 1. The van der Waals surface area contributed by atoms with Crippen molar-refractivity contribution in [2.24, 2.45) is 0 Å². The monoisotopic (exact) mass is 322 g/mol. The average molecular weight is 322 g/mol. The zero-order chi connectivity index (χ0) is 16.9. The number of rotatable bonds is 5. The van der Waals surface area contributed by atoms with Crippen LogP contribution in [0.5, 0.6) is 0 Å². The van der Waals surface area contributed by atoms with Crippen LogP contribution < -0.4 is 10.6 Å². The first-order valence-electron chi connectivity index (χ1n) is 7.59. The van der Waals surface area contributed by atoms with Gasteiger partial charge in [0, 0.05) is 25.0 Å². The molecular formula is C18H18N4O2. The van der Waals surface area contributed by atoms with Crippen molar-refractivity contribution < 1.29 is 9.32 Å². The standard InChI is InChI=1S/C18H18N4O2/c1-12-3-5-14(6-4-12)9-20-16-8-15(10-19-11-16)18(23)21-17-7-13(2)24-22-17/h3-8,10-11,20H,9H2,1-2H3,(H,21,22,23). The highest BCUT2D eigenvalue weighted by molar-refractivity contribution is 6.04. The molecule has 0 radical (unpaired) electrons. The van der Waals surface area contributed by atoms with Crippen molar-refractivity contribution >= 4 is 17.4 Å². The van der Waals surface area contributed by atoms with Gasteiger partial charge in [0.2, 0.25) is 0 Å². The van der Waals surface area contributed by atoms with Gasteiger partial charge in [-0.3, -0.25) is 9.78 Å². The van der Waals surface area contributed by atoms with E-state index in [0.29, 0.717) is 23.7 Å². The molecule has 0 unspecified atom stereocenters. The summed E-state index contributed by atoms with van der Waals surface area (Å²) in [6.45, 7) is 4.48. The van der Waals surface area contributed by atoms with E-state index in [9.17, 15) is 4.79 Å². The molecule has 0 aliphatic rings. The Morgan fingerprint density at radius 2 is 1.92 bits per heavy atom. The number of hydrogen-bond donors (Lipinski definition) is 2. The number of carbonyl (C=O) groups is 1. The molecule has 0 saturated heterocycles. The van der Waals surface area contributed by atoms with Gasteiger partial charge in [0.1, 0.15) is 5.76 Å². The van der Waals surface area contributed by atoms with Crippen LogP contribution in [0.25, 0.3) is 0 Å². The van der Waals surface area contributed by atoms with Gasteiger partial charge in [-0.2, -0.15) is 0 Å². The maximum atomic E-state index is 12.2. The van der Waals surface area contributed by atoms with Gasteiger partial charge in [-0.1, -0.05) is 35.0 Å². The molecule has 1 aromatic carbocycles. The minimum Gasteiger partial charge on any atom is -0.380 e. The van der Waals surface area contributed by atoms with Crippen molar-refractivity contribution in [2.75, 3.05) is 10.6 Å². The summed E-state index contributed by atoms with van der Waals surface area (Å²) in [5.41, 5.74) is 3.61. The third-order valence-corrected chi connectivity index (χ3v) is 3.49. The summed E-state index contributed by atoms with van der Waals surface area (Å²) >= 11 is 0. The maximum Gasteiger partial charge on any atom is 0.258 e. The van der Waals surface area contributed by atoms with Gasteiger partial charge in [0.05, 0.1) is 11.3 Å². The summed E-state index contributed by atoms with van der Waals surface area (Å²) in [6.07, 6.45) is 3.20. The highest BCUT2D eigenvalue weighted by atomic mass is 16.5. The first-order chi connectivity index (χ1) is 11.6. The van der Waals surface area contributed by atoms with E-state index in [2.05, 4.69) is 52.0 Å². The normalized spacial score (nSPS) is 10.4. The van der Waals surface area contributed by atoms with E-state index >= 15 is 0 Å². The van der Waals surface area contributed by atoms with Crippen molar-refractivity contribution in [3.05, 3.63) is 71.2 Å². The Balaban J connectivity index is 1.64. The predicted molar refractivity (Wildman–Crippen MR) is 91.9 cm³/mol. The number of nitrogens with one attached hydrogen (secondary N) is 2. The SMILES string of the molecule is Cc1ccc(CNc2cncc(C(=O)Nc3cc(C)on3)c2)cc1. The number of aromatic nitrogens is 2. The fourth-order valence-corrected chi connectivity index (χ4v) is 2.18. The Hall–Kier alpha value is -3.15. The predicted octanol–water partition coefficient (Wildman–Crippen LogP) is 3.55. The third kappa shape index (κ3) is 3.98. The van der Waals surface area contributed by atoms with Gasteiger partial charge in [0.25, 0.3) is 5.91 Å². The first kappa shape index (κ1) is 15.7. The molecule has 6 heteroatoms. The molecule has 1 amide bonds. The van der Waals surface area contributed by atoms with Gasteiger partial charge in [-0.05, 0) is 25.5 Å². The second kappa shape index (κ2) is 6.95. The molecule has 2 heterocycles. The van der Waals surface area contributed by atoms with Gasteiger partial charge < -0.3 is 15.2 Å². The number of anilines is 2. The zero-order valence-corrected chi connectivity index (χ0v) is 13.5. The highest BCUT2D eigenvalue weighted by Crippen LogP contribution is 2.13. The minimum absolute atomic E-state index is 0.283. The maximum absolute atomic E-state index is 12.2. The van der Waals surface area contributed by atoms with Crippen LogP contribution in [0.15, 0.2) is 53.3 Å². The zero-order valence-electron chi connectivity index (χ0n) is 13.5. The molecular weight excluding hydrogens is 304 g/mol. The van der Waals surface area contributed by atoms with E-state index in [1.54, 1.807) is 25.3 Å². The van der Waals surface area contributed by atoms with Crippen molar-refractivity contribution in [3.8, 4) is 0 Å². The fraction of sp³-hybridized carbons (Fsp3) is 0.167. The Kier molecular flexibility index (Phi) is 4.56. The van der Waals surface area contributed by atoms with Gasteiger partial charge in [-0.15, -0.1) is 0 Å². The minimum atomic E-state index is -0.283. The van der Waals surface area contributed by atoms with E-state index in [4.69, 9.17) is 4.52 Å². The van der Waals surface area contributed by atoms with Crippen LogP contribution in [0.2, 0.25) is 0 Å². The summed E-state index contributed by atoms with van der Waals surface area (Å²) in [6, 6.07) is 11.7. The van der Waals surface area contributed by atoms with Gasteiger partial charge >= 0.3 is 0 Å². The molecule has 0 atom stereocenters. The van der Waals surface area contributed by atoms with Gasteiger partial charge in [-0.25, -0.2) is 0 Å². The molecule has 0 aliphatic heterocycles. The van der Waals surface area contributed by atoms with E-state index in [-0.39, 0.29) is 5.91 Å². The fourth-order valence-electron chi connectivity index (χ4n) is 2.18. The molecule has 122 valence electrons. The van der Waals surface area contributed by atoms with Gasteiger partial charge in [0.15, 0.2) is 5.82 Å². The molecule has 3 rings (SSSR count). The van der Waals surface area contributed by atoms with E-state index in [1.807, 2.05) is 0 Å². The summed E-state index contributed by atoms with van der Waals surface area (Å²) in [4.78, 5) is 16.3. The van der Waals surface area contributed by atoms with Crippen LogP contribution in [0.1, 0.15) is 27.2 Å². The summed E-state index contributed by atoms with van der Waals surface area (Å²) in [7, 11) is 0. The smallest absolute Gasteiger partial charge is 0.258 e. The highest BCUT2D eigenvalue weighted by Gasteiger charge is 2.10. The molecule has 0 spiro atoms. The quantitative estimate of drug-likeness (QED) is 0.751. The second-order valence-electron chi connectivity index (χ2n) is 5.58. The average Bonchev–Trinajstić information content (AvgIpc) is 2.99. The Bertz CT molecular complexity index is 840. The Morgan fingerprint density at radius 1 is 1.12 bits per heavy atom. The lowest BCUT2D eigenvalue weighted by molar-refractivity contribution is 0.102. The molecule has 24 heavy (non-hydrogen) atoms. The molecule has 0 aliphatic carbocycles. The van der Waals surface area contributed by atoms with E-state index < -0.39 is 0 Å². The number of carbonyl (C=O) groups excluding carboxylic acids is 1. The van der Waals surface area contributed by atoms with Crippen molar-refractivity contribution in [2.45, 2.75) is 20.4 Å². The molecule has 3 aromatic rings. The molecule has 0 bridgehead atoms. The molecule has 0 saturated carbocycles. The Morgan fingerprint density at radius 3 is 2.62 bits per heavy atom. The number of nitrogens with zero attached hydrogens (tertiary/aromatic N) is 2. The summed E-state index contributed by atoms with van der Waals surface area (Å²) in [5.74, 6) is 0.738. The first-order valence-corrected chi connectivity index (χ1v) is 7.59. The van der Waals surface area contributed by atoms with Crippen LogP contribution in [-0.2, 0) is 6.54 Å². The summed E-state index contributed by atoms with van der Waals surface area (Å²) in [5, 5.41) is 9.69. The second-order valence-corrected chi connectivity index (χ2v) is 5.58. The Labute approximate surface area is 139 Å². The molecule has 0 fully saturated rings. The van der Waals surface area contributed by atoms with Crippen molar-refractivity contribution in [3.63, 3.8) is 0 Å². The third-order valence-electron chi connectivity index (χ3n) is 3.49. The topological polar surface area (TPSA) is 80.0 Å². The number of amides is 1. The molecule has 6 nitrogen and oxygen atoms in total. The van der Waals surface area contributed by atoms with Crippen molar-refractivity contribution in [1.82, 2.24) is 10.1 Å². The van der Waals surface area contributed by atoms with Crippen LogP contribution in [0, 0.1) is 13.8 Å². The van der Waals surface area contributed by atoms with Crippen LogP contribution in [-0.4, -0.2) is 16.0 Å². The van der Waals surface area contributed by atoms with Crippen LogP contribution in [0.4, 0.5) is 11.5 Å². The lowest BCUT2D eigenvalue weighted by Crippen LogP contribution is -2.13. The molecule has 2 aromatic heterocycles. The molecule has 2 N–H and O–H groups in total.